The molecule has 0 saturated heterocycles. The Balaban J connectivity index is 2.09. The molecule has 0 radical (unpaired) electrons. The first-order chi connectivity index (χ1) is 8.56. The molecule has 0 atom stereocenters. The van der Waals surface area contributed by atoms with Crippen LogP contribution in [0, 0.1) is 0 Å². The van der Waals surface area contributed by atoms with Gasteiger partial charge < -0.3 is 10.0 Å². The van der Waals surface area contributed by atoms with Crippen LogP contribution in [-0.4, -0.2) is 45.3 Å². The quantitative estimate of drug-likeness (QED) is 0.857. The molecule has 2 aromatic rings. The molecule has 1 aromatic carbocycles. The molecule has 94 valence electrons. The van der Waals surface area contributed by atoms with Crippen molar-refractivity contribution in [2.24, 2.45) is 0 Å². The van der Waals surface area contributed by atoms with E-state index in [0.717, 1.165) is 15.8 Å². The number of benzene rings is 1. The first kappa shape index (κ1) is 12.1. The molecule has 6 nitrogen and oxygen atoms in total. The Kier molecular flexibility index (Phi) is 3.27. The zero-order valence-electron chi connectivity index (χ0n) is 9.91. The Morgan fingerprint density at radius 2 is 2.11 bits per heavy atom. The molecule has 0 saturated carbocycles. The van der Waals surface area contributed by atoms with Crippen molar-refractivity contribution < 1.29 is 14.7 Å². The summed E-state index contributed by atoms with van der Waals surface area (Å²) in [5.41, 5.74) is 0.811. The maximum atomic E-state index is 11.7. The molecular formula is C12H13N3O3. The van der Waals surface area contributed by atoms with Crippen LogP contribution in [-0.2, 0) is 16.1 Å². The molecule has 0 bridgehead atoms. The average molecular weight is 247 g/mol. The molecule has 1 N–H and O–H groups in total. The fourth-order valence-electron chi connectivity index (χ4n) is 1.65. The SMILES string of the molecule is CN(CC(=O)O)C(=O)Cn1cc2ccccc2n1. The van der Waals surface area contributed by atoms with Crippen LogP contribution >= 0.6 is 0 Å². The molecule has 0 aliphatic heterocycles. The normalized spacial score (nSPS) is 10.5. The molecule has 0 aliphatic rings. The number of hydrogen-bond acceptors (Lipinski definition) is 3. The third-order valence-electron chi connectivity index (χ3n) is 2.56. The van der Waals surface area contributed by atoms with E-state index in [2.05, 4.69) is 5.10 Å². The Morgan fingerprint density at radius 3 is 2.78 bits per heavy atom. The van der Waals surface area contributed by atoms with Gasteiger partial charge in [0.1, 0.15) is 13.1 Å². The van der Waals surface area contributed by atoms with Gasteiger partial charge in [-0.1, -0.05) is 18.2 Å². The third kappa shape index (κ3) is 2.65. The Hall–Kier alpha value is -2.37. The number of carboxylic acids is 1. The first-order valence-electron chi connectivity index (χ1n) is 5.44. The van der Waals surface area contributed by atoms with E-state index in [4.69, 9.17) is 5.11 Å². The van der Waals surface area contributed by atoms with Crippen molar-refractivity contribution in [1.82, 2.24) is 14.7 Å². The molecule has 0 unspecified atom stereocenters. The highest BCUT2D eigenvalue weighted by atomic mass is 16.4. The van der Waals surface area contributed by atoms with Crippen LogP contribution in [0.1, 0.15) is 0 Å². The molecule has 1 heterocycles. The fraction of sp³-hybridized carbons (Fsp3) is 0.250. The van der Waals surface area contributed by atoms with Gasteiger partial charge in [-0.2, -0.15) is 5.10 Å². The highest BCUT2D eigenvalue weighted by Gasteiger charge is 2.13. The van der Waals surface area contributed by atoms with Crippen LogP contribution in [0.4, 0.5) is 0 Å². The number of carboxylic acid groups (broad SMARTS) is 1. The molecule has 1 aromatic heterocycles. The van der Waals surface area contributed by atoms with Gasteiger partial charge in [-0.15, -0.1) is 0 Å². The van der Waals surface area contributed by atoms with Gasteiger partial charge in [0.05, 0.1) is 5.52 Å². The fourth-order valence-corrected chi connectivity index (χ4v) is 1.65. The van der Waals surface area contributed by atoms with Gasteiger partial charge in [-0.3, -0.25) is 14.3 Å². The maximum absolute atomic E-state index is 11.7. The Bertz CT molecular complexity index is 558. The highest BCUT2D eigenvalue weighted by molar-refractivity contribution is 5.82. The largest absolute Gasteiger partial charge is 0.480 e. The minimum absolute atomic E-state index is 0.0401. The maximum Gasteiger partial charge on any atom is 0.323 e. The van der Waals surface area contributed by atoms with E-state index in [1.54, 1.807) is 6.20 Å². The van der Waals surface area contributed by atoms with Gasteiger partial charge in [-0.25, -0.2) is 0 Å². The predicted octanol–water partition coefficient (Wildman–Crippen LogP) is 0.579. The number of likely N-dealkylation sites (N-methyl/N-ethyl adjacent to an activating group) is 1. The Morgan fingerprint density at radius 1 is 1.39 bits per heavy atom. The summed E-state index contributed by atoms with van der Waals surface area (Å²) in [4.78, 5) is 23.4. The number of hydrogen-bond donors (Lipinski definition) is 1. The number of aliphatic carboxylic acids is 1. The van der Waals surface area contributed by atoms with Gasteiger partial charge in [0.2, 0.25) is 5.91 Å². The monoisotopic (exact) mass is 247 g/mol. The van der Waals surface area contributed by atoms with Crippen LogP contribution in [0.3, 0.4) is 0 Å². The van der Waals surface area contributed by atoms with E-state index in [0.29, 0.717) is 0 Å². The second-order valence-corrected chi connectivity index (χ2v) is 4.03. The van der Waals surface area contributed by atoms with Crippen molar-refractivity contribution in [1.29, 1.82) is 0 Å². The van der Waals surface area contributed by atoms with E-state index in [1.807, 2.05) is 24.3 Å². The van der Waals surface area contributed by atoms with Crippen LogP contribution in [0.5, 0.6) is 0 Å². The molecule has 1 amide bonds. The lowest BCUT2D eigenvalue weighted by molar-refractivity contribution is -0.143. The number of nitrogens with zero attached hydrogens (tertiary/aromatic N) is 3. The predicted molar refractivity (Wildman–Crippen MR) is 65.0 cm³/mol. The number of amides is 1. The standard InChI is InChI=1S/C12H13N3O3/c1-14(8-12(17)18)11(16)7-15-6-9-4-2-3-5-10(9)13-15/h2-6H,7-8H2,1H3,(H,17,18). The molecule has 0 aliphatic carbocycles. The topological polar surface area (TPSA) is 75.4 Å². The van der Waals surface area contributed by atoms with Gasteiger partial charge >= 0.3 is 5.97 Å². The van der Waals surface area contributed by atoms with Crippen molar-refractivity contribution >= 4 is 22.8 Å². The van der Waals surface area contributed by atoms with Crippen molar-refractivity contribution in [3.8, 4) is 0 Å². The van der Waals surface area contributed by atoms with Gasteiger partial charge in [0.15, 0.2) is 0 Å². The minimum Gasteiger partial charge on any atom is -0.480 e. The van der Waals surface area contributed by atoms with Gasteiger partial charge in [0.25, 0.3) is 0 Å². The minimum atomic E-state index is -1.03. The summed E-state index contributed by atoms with van der Waals surface area (Å²) in [6.45, 7) is -0.266. The summed E-state index contributed by atoms with van der Waals surface area (Å²) < 4.78 is 1.52. The van der Waals surface area contributed by atoms with Crippen molar-refractivity contribution in [3.63, 3.8) is 0 Å². The zero-order chi connectivity index (χ0) is 13.1. The summed E-state index contributed by atoms with van der Waals surface area (Å²) in [6, 6.07) is 7.53. The highest BCUT2D eigenvalue weighted by Crippen LogP contribution is 2.10. The zero-order valence-corrected chi connectivity index (χ0v) is 9.91. The molecule has 6 heteroatoms. The molecular weight excluding hydrogens is 234 g/mol. The summed E-state index contributed by atoms with van der Waals surface area (Å²) in [5, 5.41) is 13.8. The molecule has 0 spiro atoms. The van der Waals surface area contributed by atoms with Crippen LogP contribution in [0.2, 0.25) is 0 Å². The van der Waals surface area contributed by atoms with Gasteiger partial charge in [0, 0.05) is 18.6 Å². The number of fused-ring (bicyclic) bond motifs is 1. The van der Waals surface area contributed by atoms with Crippen molar-refractivity contribution in [3.05, 3.63) is 30.5 Å². The van der Waals surface area contributed by atoms with Crippen LogP contribution < -0.4 is 0 Å². The number of carbonyl (C=O) groups is 2. The Labute approximate surface area is 103 Å². The smallest absolute Gasteiger partial charge is 0.323 e. The van der Waals surface area contributed by atoms with Crippen molar-refractivity contribution in [2.75, 3.05) is 13.6 Å². The number of aromatic nitrogens is 2. The number of carbonyl (C=O) groups excluding carboxylic acids is 1. The molecule has 2 rings (SSSR count). The summed E-state index contributed by atoms with van der Waals surface area (Å²) in [6.07, 6.45) is 1.77. The number of rotatable bonds is 4. The van der Waals surface area contributed by atoms with E-state index < -0.39 is 5.97 Å². The third-order valence-corrected chi connectivity index (χ3v) is 2.56. The van der Waals surface area contributed by atoms with Crippen LogP contribution in [0.15, 0.2) is 30.5 Å². The lowest BCUT2D eigenvalue weighted by Gasteiger charge is -2.14. The second kappa shape index (κ2) is 4.87. The van der Waals surface area contributed by atoms with Gasteiger partial charge in [-0.05, 0) is 6.07 Å². The van der Waals surface area contributed by atoms with E-state index in [1.165, 1.54) is 11.7 Å². The lowest BCUT2D eigenvalue weighted by Crippen LogP contribution is -2.34. The lowest BCUT2D eigenvalue weighted by atomic mass is 10.3. The molecule has 0 fully saturated rings. The first-order valence-corrected chi connectivity index (χ1v) is 5.44. The summed E-state index contributed by atoms with van der Waals surface area (Å²) >= 11 is 0. The van der Waals surface area contributed by atoms with E-state index >= 15 is 0 Å². The average Bonchev–Trinajstić information content (AvgIpc) is 2.69. The summed E-state index contributed by atoms with van der Waals surface area (Å²) in [7, 11) is 1.46. The van der Waals surface area contributed by atoms with E-state index in [-0.39, 0.29) is 19.0 Å². The van der Waals surface area contributed by atoms with Crippen molar-refractivity contribution in [2.45, 2.75) is 6.54 Å². The molecule has 18 heavy (non-hydrogen) atoms. The summed E-state index contributed by atoms with van der Waals surface area (Å²) in [5.74, 6) is -1.32. The second-order valence-electron chi connectivity index (χ2n) is 4.03. The van der Waals surface area contributed by atoms with E-state index in [9.17, 15) is 9.59 Å². The van der Waals surface area contributed by atoms with Crippen LogP contribution in [0.25, 0.3) is 10.9 Å².